The highest BCUT2D eigenvalue weighted by atomic mass is 32.2. The fourth-order valence-electron chi connectivity index (χ4n) is 4.24. The molecular weight excluding hydrogens is 493 g/mol. The van der Waals surface area contributed by atoms with E-state index < -0.39 is 0 Å². The van der Waals surface area contributed by atoms with Crippen molar-refractivity contribution in [2.24, 2.45) is 5.10 Å². The van der Waals surface area contributed by atoms with Crippen molar-refractivity contribution in [3.8, 4) is 5.75 Å². The lowest BCUT2D eigenvalue weighted by Crippen LogP contribution is -2.24. The van der Waals surface area contributed by atoms with E-state index in [4.69, 9.17) is 4.74 Å². The number of hydrogen-bond acceptors (Lipinski definition) is 5. The third kappa shape index (κ3) is 5.44. The van der Waals surface area contributed by atoms with Crippen LogP contribution in [-0.2, 0) is 11.3 Å². The van der Waals surface area contributed by atoms with Crippen LogP contribution < -0.4 is 10.2 Å². The van der Waals surface area contributed by atoms with Crippen LogP contribution in [0.4, 0.5) is 4.39 Å². The molecule has 184 valence electrons. The molecule has 0 aliphatic carbocycles. The summed E-state index contributed by atoms with van der Waals surface area (Å²) in [5, 5.41) is 5.16. The predicted octanol–water partition coefficient (Wildman–Crippen LogP) is 6.14. The van der Waals surface area contributed by atoms with Crippen molar-refractivity contribution < 1.29 is 13.9 Å². The van der Waals surface area contributed by atoms with Crippen molar-refractivity contribution in [3.63, 3.8) is 0 Å². The van der Waals surface area contributed by atoms with Gasteiger partial charge in [-0.05, 0) is 36.8 Å². The molecule has 0 saturated carbocycles. The van der Waals surface area contributed by atoms with Gasteiger partial charge in [0.1, 0.15) is 11.6 Å². The van der Waals surface area contributed by atoms with Gasteiger partial charge >= 0.3 is 0 Å². The van der Waals surface area contributed by atoms with Gasteiger partial charge in [0.05, 0.1) is 17.3 Å². The van der Waals surface area contributed by atoms with Crippen LogP contribution in [0.25, 0.3) is 10.9 Å². The molecule has 1 amide bonds. The molecule has 8 heteroatoms. The number of nitrogens with zero attached hydrogens (tertiary/aromatic N) is 2. The largest absolute Gasteiger partial charge is 0.484 e. The van der Waals surface area contributed by atoms with E-state index in [9.17, 15) is 9.18 Å². The van der Waals surface area contributed by atoms with Gasteiger partial charge in [-0.15, -0.1) is 23.5 Å². The summed E-state index contributed by atoms with van der Waals surface area (Å²) in [6.07, 6.45) is 1.64. The molecule has 1 aromatic heterocycles. The van der Waals surface area contributed by atoms with Crippen molar-refractivity contribution in [2.75, 3.05) is 18.1 Å². The first-order valence-corrected chi connectivity index (χ1v) is 13.8. The molecule has 3 aromatic carbocycles. The molecule has 1 aliphatic rings. The van der Waals surface area contributed by atoms with Crippen molar-refractivity contribution in [3.05, 3.63) is 101 Å². The first kappa shape index (κ1) is 24.5. The Kier molecular flexibility index (Phi) is 7.63. The molecular formula is C28H26FN3O2S2. The number of ether oxygens (including phenoxy) is 1. The maximum absolute atomic E-state index is 14.3. The van der Waals surface area contributed by atoms with Gasteiger partial charge in [0, 0.05) is 39.2 Å². The van der Waals surface area contributed by atoms with Crippen LogP contribution in [0.5, 0.6) is 5.75 Å². The number of thioether (sulfide) groups is 2. The number of amides is 1. The number of carbonyl (C=O) groups excluding carboxylic acids is 1. The molecule has 1 aliphatic heterocycles. The van der Waals surface area contributed by atoms with Crippen LogP contribution in [0.15, 0.2) is 77.9 Å². The molecule has 5 nitrogen and oxygen atoms in total. The topological polar surface area (TPSA) is 55.6 Å². The van der Waals surface area contributed by atoms with Crippen LogP contribution in [0.1, 0.15) is 27.0 Å². The van der Waals surface area contributed by atoms with Gasteiger partial charge in [-0.2, -0.15) is 5.10 Å². The summed E-state index contributed by atoms with van der Waals surface area (Å²) in [6.45, 7) is 2.25. The maximum Gasteiger partial charge on any atom is 0.277 e. The Bertz CT molecular complexity index is 1400. The van der Waals surface area contributed by atoms with E-state index in [0.29, 0.717) is 22.4 Å². The van der Waals surface area contributed by atoms with E-state index in [2.05, 4.69) is 27.2 Å². The first-order chi connectivity index (χ1) is 17.6. The highest BCUT2D eigenvalue weighted by Crippen LogP contribution is 2.45. The third-order valence-electron chi connectivity index (χ3n) is 6.09. The molecule has 36 heavy (non-hydrogen) atoms. The van der Waals surface area contributed by atoms with Crippen molar-refractivity contribution in [1.82, 2.24) is 9.99 Å². The molecule has 1 N–H and O–H groups in total. The molecule has 0 spiro atoms. The molecule has 2 heterocycles. The number of hydrogen-bond donors (Lipinski definition) is 1. The zero-order chi connectivity index (χ0) is 24.9. The second-order valence-corrected chi connectivity index (χ2v) is 11.1. The minimum absolute atomic E-state index is 0.127. The summed E-state index contributed by atoms with van der Waals surface area (Å²) < 4.78 is 22.5. The normalized spacial score (nSPS) is 14.1. The van der Waals surface area contributed by atoms with Gasteiger partial charge in [-0.3, -0.25) is 4.79 Å². The van der Waals surface area contributed by atoms with Crippen LogP contribution in [0, 0.1) is 12.7 Å². The number of rotatable bonds is 8. The van der Waals surface area contributed by atoms with Crippen LogP contribution in [0.3, 0.4) is 0 Å². The number of benzene rings is 3. The zero-order valence-corrected chi connectivity index (χ0v) is 21.4. The monoisotopic (exact) mass is 519 g/mol. The lowest BCUT2D eigenvalue weighted by molar-refractivity contribution is -0.123. The molecule has 0 radical (unpaired) electrons. The third-order valence-corrected chi connectivity index (χ3v) is 9.20. The van der Waals surface area contributed by atoms with E-state index in [1.165, 1.54) is 23.1 Å². The van der Waals surface area contributed by atoms with Crippen molar-refractivity contribution >= 4 is 46.5 Å². The Morgan fingerprint density at radius 2 is 1.81 bits per heavy atom. The Labute approximate surface area is 218 Å². The fraction of sp³-hybridized carbons (Fsp3) is 0.214. The minimum atomic E-state index is -0.343. The van der Waals surface area contributed by atoms with E-state index >= 15 is 0 Å². The molecule has 0 unspecified atom stereocenters. The molecule has 1 fully saturated rings. The van der Waals surface area contributed by atoms with E-state index in [1.54, 1.807) is 18.3 Å². The lowest BCUT2D eigenvalue weighted by atomic mass is 10.1. The molecule has 5 rings (SSSR count). The lowest BCUT2D eigenvalue weighted by Gasteiger charge is -2.10. The van der Waals surface area contributed by atoms with Crippen molar-refractivity contribution in [1.29, 1.82) is 0 Å². The highest BCUT2D eigenvalue weighted by Gasteiger charge is 2.18. The molecule has 1 saturated heterocycles. The highest BCUT2D eigenvalue weighted by molar-refractivity contribution is 8.19. The van der Waals surface area contributed by atoms with Crippen LogP contribution >= 0.6 is 23.5 Å². The Morgan fingerprint density at radius 1 is 1.08 bits per heavy atom. The van der Waals surface area contributed by atoms with Gasteiger partial charge in [-0.25, -0.2) is 9.82 Å². The summed E-state index contributed by atoms with van der Waals surface area (Å²) in [5.41, 5.74) is 7.23. The predicted molar refractivity (Wildman–Crippen MR) is 148 cm³/mol. The van der Waals surface area contributed by atoms with Crippen LogP contribution in [0.2, 0.25) is 0 Å². The number of fused-ring (bicyclic) bond motifs is 1. The number of aromatic nitrogens is 1. The molecule has 4 aromatic rings. The second-order valence-electron chi connectivity index (χ2n) is 8.42. The van der Waals surface area contributed by atoms with Crippen molar-refractivity contribution in [2.45, 2.75) is 18.1 Å². The number of para-hydroxylation sites is 1. The summed E-state index contributed by atoms with van der Waals surface area (Å²) >= 11 is 3.91. The van der Waals surface area contributed by atoms with Gasteiger partial charge in [0.25, 0.3) is 5.91 Å². The summed E-state index contributed by atoms with van der Waals surface area (Å²) in [6, 6.07) is 22.6. The average Bonchev–Trinajstić information content (AvgIpc) is 3.53. The van der Waals surface area contributed by atoms with E-state index in [1.807, 2.05) is 72.9 Å². The Morgan fingerprint density at radius 3 is 2.58 bits per heavy atom. The summed E-state index contributed by atoms with van der Waals surface area (Å²) in [5.74, 6) is 2.44. The summed E-state index contributed by atoms with van der Waals surface area (Å²) in [4.78, 5) is 12.3. The SMILES string of the molecule is Cc1c(/C=N\NC(=O)COc2ccc(C3SCCS3)cc2)c2ccccc2n1Cc1ccccc1F. The number of hydrazone groups is 1. The summed E-state index contributed by atoms with van der Waals surface area (Å²) in [7, 11) is 0. The van der Waals surface area contributed by atoms with E-state index in [-0.39, 0.29) is 18.3 Å². The first-order valence-electron chi connectivity index (χ1n) is 11.7. The fourth-order valence-corrected chi connectivity index (χ4v) is 7.10. The van der Waals surface area contributed by atoms with Gasteiger partial charge in [0.15, 0.2) is 6.61 Å². The Hall–Kier alpha value is -3.23. The molecule has 0 bridgehead atoms. The quantitative estimate of drug-likeness (QED) is 0.224. The smallest absolute Gasteiger partial charge is 0.277 e. The minimum Gasteiger partial charge on any atom is -0.484 e. The number of nitrogens with one attached hydrogen (secondary N) is 1. The Balaban J connectivity index is 1.23. The zero-order valence-electron chi connectivity index (χ0n) is 19.8. The second kappa shape index (κ2) is 11.2. The standard InChI is InChI=1S/C28H26FN3O2S2/c1-19-24(23-7-3-5-9-26(23)32(19)17-21-6-2-4-8-25(21)29)16-30-31-27(33)18-34-22-12-10-20(11-13-22)28-35-14-15-36-28/h2-13,16,28H,14-15,17-18H2,1H3,(H,31,33)/b30-16-. The number of carbonyl (C=O) groups is 1. The van der Waals surface area contributed by atoms with Crippen LogP contribution in [-0.4, -0.2) is 34.8 Å². The van der Waals surface area contributed by atoms with Gasteiger partial charge in [-0.1, -0.05) is 48.5 Å². The number of halogens is 1. The van der Waals surface area contributed by atoms with Gasteiger partial charge in [0.2, 0.25) is 0 Å². The van der Waals surface area contributed by atoms with Gasteiger partial charge < -0.3 is 9.30 Å². The maximum atomic E-state index is 14.3. The molecule has 0 atom stereocenters. The van der Waals surface area contributed by atoms with E-state index in [0.717, 1.165) is 22.2 Å². The average molecular weight is 520 g/mol.